The van der Waals surface area contributed by atoms with Gasteiger partial charge in [0.05, 0.1) is 0 Å². The summed E-state index contributed by atoms with van der Waals surface area (Å²) < 4.78 is 0. The molecule has 4 rings (SSSR count). The van der Waals surface area contributed by atoms with Gasteiger partial charge >= 0.3 is 0 Å². The molecule has 7 nitrogen and oxygen atoms in total. The van der Waals surface area contributed by atoms with E-state index in [9.17, 15) is 9.59 Å². The molecule has 1 fully saturated rings. The van der Waals surface area contributed by atoms with Crippen LogP contribution in [0.4, 0.5) is 0 Å². The zero-order chi connectivity index (χ0) is 22.7. The van der Waals surface area contributed by atoms with E-state index in [1.165, 1.54) is 5.56 Å². The SMILES string of the molecule is CC(=O)N1CCC(c2ccc(C(=O)NCCc3ccc4[nH]cc(C(=N)N)c4c3)cc2)CC1. The third-order valence-corrected chi connectivity index (χ3v) is 6.32. The van der Waals surface area contributed by atoms with Crippen LogP contribution in [0, 0.1) is 5.41 Å². The predicted molar refractivity (Wildman–Crippen MR) is 126 cm³/mol. The molecule has 1 aromatic heterocycles. The largest absolute Gasteiger partial charge is 0.384 e. The zero-order valence-corrected chi connectivity index (χ0v) is 18.3. The summed E-state index contributed by atoms with van der Waals surface area (Å²) in [6.07, 6.45) is 4.36. The van der Waals surface area contributed by atoms with Crippen LogP contribution in [0.1, 0.15) is 52.7 Å². The van der Waals surface area contributed by atoms with Gasteiger partial charge in [0, 0.05) is 54.8 Å². The molecular formula is C25H29N5O2. The number of fused-ring (bicyclic) bond motifs is 1. The molecule has 0 atom stereocenters. The Morgan fingerprint density at radius 2 is 1.88 bits per heavy atom. The van der Waals surface area contributed by atoms with Crippen molar-refractivity contribution in [2.24, 2.45) is 5.73 Å². The summed E-state index contributed by atoms with van der Waals surface area (Å²) in [6, 6.07) is 13.8. The molecule has 2 amide bonds. The molecule has 1 aliphatic rings. The number of nitrogens with one attached hydrogen (secondary N) is 3. The average molecular weight is 432 g/mol. The number of carbonyl (C=O) groups is 2. The number of hydrogen-bond donors (Lipinski definition) is 4. The topological polar surface area (TPSA) is 115 Å². The first-order valence-electron chi connectivity index (χ1n) is 11.0. The number of carbonyl (C=O) groups excluding carboxylic acids is 2. The van der Waals surface area contributed by atoms with E-state index >= 15 is 0 Å². The molecular weight excluding hydrogens is 402 g/mol. The second kappa shape index (κ2) is 9.26. The minimum absolute atomic E-state index is 0.0366. The van der Waals surface area contributed by atoms with E-state index in [0.29, 0.717) is 30.0 Å². The number of piperidine rings is 1. The molecule has 1 aliphatic heterocycles. The molecule has 0 saturated carbocycles. The van der Waals surface area contributed by atoms with Gasteiger partial charge in [-0.3, -0.25) is 15.0 Å². The van der Waals surface area contributed by atoms with Crippen molar-refractivity contribution in [3.63, 3.8) is 0 Å². The molecule has 0 bridgehead atoms. The van der Waals surface area contributed by atoms with E-state index < -0.39 is 0 Å². The number of nitrogens with two attached hydrogens (primary N) is 1. The molecule has 2 aromatic carbocycles. The van der Waals surface area contributed by atoms with Crippen LogP contribution in [0.25, 0.3) is 10.9 Å². The van der Waals surface area contributed by atoms with Gasteiger partial charge in [-0.1, -0.05) is 18.2 Å². The third-order valence-electron chi connectivity index (χ3n) is 6.32. The van der Waals surface area contributed by atoms with Gasteiger partial charge < -0.3 is 20.9 Å². The molecule has 0 unspecified atom stereocenters. The van der Waals surface area contributed by atoms with E-state index in [1.807, 2.05) is 47.4 Å². The Kier molecular flexibility index (Phi) is 6.25. The van der Waals surface area contributed by atoms with Crippen LogP contribution >= 0.6 is 0 Å². The number of rotatable bonds is 6. The van der Waals surface area contributed by atoms with E-state index in [1.54, 1.807) is 13.1 Å². The lowest BCUT2D eigenvalue weighted by molar-refractivity contribution is -0.129. The fraction of sp³-hybridized carbons (Fsp3) is 0.320. The maximum atomic E-state index is 12.5. The first kappa shape index (κ1) is 21.6. The number of benzene rings is 2. The molecule has 2 heterocycles. The second-order valence-corrected chi connectivity index (χ2v) is 8.40. The average Bonchev–Trinajstić information content (AvgIpc) is 3.23. The molecule has 5 N–H and O–H groups in total. The molecule has 166 valence electrons. The number of nitrogen functional groups attached to an aromatic ring is 1. The molecule has 0 radical (unpaired) electrons. The molecule has 0 spiro atoms. The summed E-state index contributed by atoms with van der Waals surface area (Å²) in [5.74, 6) is 0.526. The Morgan fingerprint density at radius 1 is 1.16 bits per heavy atom. The first-order chi connectivity index (χ1) is 15.4. The highest BCUT2D eigenvalue weighted by molar-refractivity contribution is 6.07. The van der Waals surface area contributed by atoms with Crippen LogP contribution in [0.5, 0.6) is 0 Å². The Hall–Kier alpha value is -3.61. The third kappa shape index (κ3) is 4.66. The highest BCUT2D eigenvalue weighted by Gasteiger charge is 2.22. The summed E-state index contributed by atoms with van der Waals surface area (Å²) in [6.45, 7) is 3.74. The number of hydrogen-bond acceptors (Lipinski definition) is 3. The quantitative estimate of drug-likeness (QED) is 0.355. The summed E-state index contributed by atoms with van der Waals surface area (Å²) in [4.78, 5) is 29.1. The molecule has 0 aliphatic carbocycles. The number of amides is 2. The van der Waals surface area contributed by atoms with Crippen molar-refractivity contribution in [2.75, 3.05) is 19.6 Å². The van der Waals surface area contributed by atoms with Crippen LogP contribution in [0.3, 0.4) is 0 Å². The normalized spacial score (nSPS) is 14.5. The summed E-state index contributed by atoms with van der Waals surface area (Å²) in [7, 11) is 0. The molecule has 7 heteroatoms. The number of amidine groups is 1. The maximum Gasteiger partial charge on any atom is 0.251 e. The number of aromatic nitrogens is 1. The van der Waals surface area contributed by atoms with Gasteiger partial charge in [-0.25, -0.2) is 0 Å². The van der Waals surface area contributed by atoms with Crippen LogP contribution in [-0.2, 0) is 11.2 Å². The fourth-order valence-corrected chi connectivity index (χ4v) is 4.40. The van der Waals surface area contributed by atoms with Crippen molar-refractivity contribution in [3.8, 4) is 0 Å². The van der Waals surface area contributed by atoms with Crippen molar-refractivity contribution < 1.29 is 9.59 Å². The Morgan fingerprint density at radius 3 is 2.53 bits per heavy atom. The number of aromatic amines is 1. The van der Waals surface area contributed by atoms with Crippen LogP contribution in [0.15, 0.2) is 48.7 Å². The van der Waals surface area contributed by atoms with Crippen LogP contribution in [-0.4, -0.2) is 47.2 Å². The maximum absolute atomic E-state index is 12.5. The van der Waals surface area contributed by atoms with Crippen LogP contribution in [0.2, 0.25) is 0 Å². The van der Waals surface area contributed by atoms with E-state index in [2.05, 4.69) is 10.3 Å². The van der Waals surface area contributed by atoms with Gasteiger partial charge in [-0.05, 0) is 60.6 Å². The standard InChI is InChI=1S/C25H29N5O2/c1-16(31)30-12-9-19(10-13-30)18-3-5-20(6-4-18)25(32)28-11-8-17-2-7-23-21(14-17)22(15-29-23)24(26)27/h2-7,14-15,19,29H,8-13H2,1H3,(H3,26,27)(H,28,32). The summed E-state index contributed by atoms with van der Waals surface area (Å²) in [5, 5.41) is 11.6. The van der Waals surface area contributed by atoms with Gasteiger partial charge in [0.25, 0.3) is 5.91 Å². The lowest BCUT2D eigenvalue weighted by atomic mass is 9.89. The fourth-order valence-electron chi connectivity index (χ4n) is 4.40. The zero-order valence-electron chi connectivity index (χ0n) is 18.3. The Balaban J connectivity index is 1.31. The van der Waals surface area contributed by atoms with Crippen molar-refractivity contribution in [1.82, 2.24) is 15.2 Å². The number of nitrogens with zero attached hydrogens (tertiary/aromatic N) is 1. The number of likely N-dealkylation sites (tertiary alicyclic amines) is 1. The minimum Gasteiger partial charge on any atom is -0.384 e. The number of H-pyrrole nitrogens is 1. The van der Waals surface area contributed by atoms with E-state index in [4.69, 9.17) is 11.1 Å². The van der Waals surface area contributed by atoms with Gasteiger partial charge in [-0.15, -0.1) is 0 Å². The van der Waals surface area contributed by atoms with Crippen molar-refractivity contribution in [2.45, 2.75) is 32.1 Å². The predicted octanol–water partition coefficient (Wildman–Crippen LogP) is 3.15. The van der Waals surface area contributed by atoms with Gasteiger partial charge in [0.2, 0.25) is 5.91 Å². The van der Waals surface area contributed by atoms with Gasteiger partial charge in [0.15, 0.2) is 0 Å². The lowest BCUT2D eigenvalue weighted by Crippen LogP contribution is -2.36. The van der Waals surface area contributed by atoms with Gasteiger partial charge in [-0.2, -0.15) is 0 Å². The van der Waals surface area contributed by atoms with E-state index in [-0.39, 0.29) is 17.6 Å². The summed E-state index contributed by atoms with van der Waals surface area (Å²) in [5.41, 5.74) is 10.2. The highest BCUT2D eigenvalue weighted by atomic mass is 16.2. The van der Waals surface area contributed by atoms with Crippen LogP contribution < -0.4 is 11.1 Å². The Bertz CT molecular complexity index is 1140. The smallest absolute Gasteiger partial charge is 0.251 e. The molecule has 1 saturated heterocycles. The lowest BCUT2D eigenvalue weighted by Gasteiger charge is -2.31. The molecule has 32 heavy (non-hydrogen) atoms. The van der Waals surface area contributed by atoms with Crippen molar-refractivity contribution in [1.29, 1.82) is 5.41 Å². The highest BCUT2D eigenvalue weighted by Crippen LogP contribution is 2.28. The summed E-state index contributed by atoms with van der Waals surface area (Å²) >= 11 is 0. The second-order valence-electron chi connectivity index (χ2n) is 8.40. The van der Waals surface area contributed by atoms with E-state index in [0.717, 1.165) is 42.4 Å². The van der Waals surface area contributed by atoms with Crippen molar-refractivity contribution >= 4 is 28.6 Å². The molecule has 3 aromatic rings. The van der Waals surface area contributed by atoms with Gasteiger partial charge in [0.1, 0.15) is 5.84 Å². The minimum atomic E-state index is -0.0879. The van der Waals surface area contributed by atoms with Crippen molar-refractivity contribution in [3.05, 3.63) is 70.9 Å². The Labute approximate surface area is 187 Å². The monoisotopic (exact) mass is 431 g/mol. The first-order valence-corrected chi connectivity index (χ1v) is 11.0.